The van der Waals surface area contributed by atoms with Crippen molar-refractivity contribution < 1.29 is 4.79 Å². The molecule has 1 fully saturated rings. The summed E-state index contributed by atoms with van der Waals surface area (Å²) in [6, 6.07) is 8.53. The second-order valence-corrected chi connectivity index (χ2v) is 6.18. The molecule has 0 spiro atoms. The lowest BCUT2D eigenvalue weighted by Crippen LogP contribution is -2.34. The van der Waals surface area contributed by atoms with Crippen molar-refractivity contribution in [3.63, 3.8) is 0 Å². The lowest BCUT2D eigenvalue weighted by molar-refractivity contribution is -0.129. The van der Waals surface area contributed by atoms with Gasteiger partial charge in [0.05, 0.1) is 5.25 Å². The molecule has 0 bridgehead atoms. The van der Waals surface area contributed by atoms with E-state index in [1.54, 1.807) is 11.8 Å². The Balaban J connectivity index is 2.05. The molecular formula is C15H21NOS. The number of aryl methyl sites for hydroxylation is 1. The van der Waals surface area contributed by atoms with Gasteiger partial charge in [-0.2, -0.15) is 11.8 Å². The van der Waals surface area contributed by atoms with Gasteiger partial charge in [-0.05, 0) is 37.7 Å². The fourth-order valence-electron chi connectivity index (χ4n) is 2.62. The first-order chi connectivity index (χ1) is 8.63. The number of carbonyl (C=O) groups excluding carboxylic acids is 1. The third-order valence-corrected chi connectivity index (χ3v) is 4.74. The maximum atomic E-state index is 12.1. The summed E-state index contributed by atoms with van der Waals surface area (Å²) in [4.78, 5) is 14.2. The van der Waals surface area contributed by atoms with Gasteiger partial charge in [0.1, 0.15) is 0 Å². The van der Waals surface area contributed by atoms with Crippen LogP contribution in [0.15, 0.2) is 24.3 Å². The van der Waals surface area contributed by atoms with Crippen LogP contribution in [-0.2, 0) is 4.79 Å². The average Bonchev–Trinajstić information content (AvgIpc) is 2.87. The van der Waals surface area contributed by atoms with E-state index in [-0.39, 0.29) is 5.25 Å². The molecule has 2 rings (SSSR count). The summed E-state index contributed by atoms with van der Waals surface area (Å²) in [7, 11) is 0. The van der Waals surface area contributed by atoms with Gasteiger partial charge in [-0.15, -0.1) is 0 Å². The van der Waals surface area contributed by atoms with Crippen LogP contribution in [-0.4, -0.2) is 35.4 Å². The Morgan fingerprint density at radius 3 is 2.83 bits per heavy atom. The zero-order chi connectivity index (χ0) is 13.1. The van der Waals surface area contributed by atoms with Gasteiger partial charge in [-0.1, -0.05) is 24.3 Å². The van der Waals surface area contributed by atoms with Crippen LogP contribution in [0.4, 0.5) is 0 Å². The molecule has 1 amide bonds. The van der Waals surface area contributed by atoms with Crippen molar-refractivity contribution in [2.45, 2.75) is 31.4 Å². The van der Waals surface area contributed by atoms with Crippen molar-refractivity contribution in [1.82, 2.24) is 4.90 Å². The molecule has 2 nitrogen and oxygen atoms in total. The maximum absolute atomic E-state index is 12.1. The molecule has 2 atom stereocenters. The van der Waals surface area contributed by atoms with Crippen LogP contribution in [0.5, 0.6) is 0 Å². The number of carbonyl (C=O) groups is 1. The fraction of sp³-hybridized carbons (Fsp3) is 0.533. The molecule has 1 heterocycles. The molecule has 0 aromatic heterocycles. The molecule has 1 aromatic carbocycles. The minimum absolute atomic E-state index is 0.0839. The lowest BCUT2D eigenvalue weighted by Gasteiger charge is -2.20. The van der Waals surface area contributed by atoms with Gasteiger partial charge in [0, 0.05) is 19.0 Å². The van der Waals surface area contributed by atoms with E-state index < -0.39 is 0 Å². The summed E-state index contributed by atoms with van der Waals surface area (Å²) < 4.78 is 0. The van der Waals surface area contributed by atoms with E-state index in [4.69, 9.17) is 0 Å². The number of benzene rings is 1. The first-order valence-electron chi connectivity index (χ1n) is 6.50. The van der Waals surface area contributed by atoms with Crippen molar-refractivity contribution in [2.75, 3.05) is 19.3 Å². The van der Waals surface area contributed by atoms with Crippen LogP contribution in [0.1, 0.15) is 30.4 Å². The number of rotatable bonds is 3. The van der Waals surface area contributed by atoms with E-state index >= 15 is 0 Å². The second kappa shape index (κ2) is 5.79. The van der Waals surface area contributed by atoms with Gasteiger partial charge in [0.2, 0.25) is 5.91 Å². The fourth-order valence-corrected chi connectivity index (χ4v) is 2.97. The maximum Gasteiger partial charge on any atom is 0.235 e. The van der Waals surface area contributed by atoms with E-state index in [0.29, 0.717) is 11.8 Å². The predicted octanol–water partition coefficient (Wildman–Crippen LogP) is 3.06. The number of hydrogen-bond acceptors (Lipinski definition) is 2. The molecule has 1 aromatic rings. The normalized spacial score (nSPS) is 21.1. The first kappa shape index (κ1) is 13.5. The average molecular weight is 263 g/mol. The number of hydrogen-bond donors (Lipinski definition) is 0. The highest BCUT2D eigenvalue weighted by Gasteiger charge is 2.29. The summed E-state index contributed by atoms with van der Waals surface area (Å²) in [5, 5.41) is 0.0839. The smallest absolute Gasteiger partial charge is 0.235 e. The summed E-state index contributed by atoms with van der Waals surface area (Å²) in [5.41, 5.74) is 2.75. The van der Waals surface area contributed by atoms with Crippen molar-refractivity contribution in [1.29, 1.82) is 0 Å². The number of nitrogens with zero attached hydrogens (tertiary/aromatic N) is 1. The SMILES string of the molecule is CS[C@H](C)C(=O)N1CC[C@H](c2ccccc2C)C1. The minimum atomic E-state index is 0.0839. The molecule has 3 heteroatoms. The van der Waals surface area contributed by atoms with E-state index in [2.05, 4.69) is 31.2 Å². The largest absolute Gasteiger partial charge is 0.341 e. The van der Waals surface area contributed by atoms with Crippen molar-refractivity contribution in [3.8, 4) is 0 Å². The molecule has 98 valence electrons. The Morgan fingerprint density at radius 2 is 2.17 bits per heavy atom. The molecule has 0 aliphatic carbocycles. The summed E-state index contributed by atoms with van der Waals surface area (Å²) >= 11 is 1.63. The Labute approximate surface area is 114 Å². The molecule has 0 saturated carbocycles. The molecule has 0 radical (unpaired) electrons. The number of likely N-dealkylation sites (tertiary alicyclic amines) is 1. The Kier molecular flexibility index (Phi) is 4.33. The summed E-state index contributed by atoms with van der Waals surface area (Å²) in [6.45, 7) is 5.94. The van der Waals surface area contributed by atoms with Crippen LogP contribution in [0.25, 0.3) is 0 Å². The number of amides is 1. The van der Waals surface area contributed by atoms with E-state index in [0.717, 1.165) is 19.5 Å². The zero-order valence-corrected chi connectivity index (χ0v) is 12.2. The second-order valence-electron chi connectivity index (χ2n) is 5.00. The lowest BCUT2D eigenvalue weighted by atomic mass is 9.94. The van der Waals surface area contributed by atoms with Crippen LogP contribution in [0.2, 0.25) is 0 Å². The summed E-state index contributed by atoms with van der Waals surface area (Å²) in [5.74, 6) is 0.808. The van der Waals surface area contributed by atoms with Gasteiger partial charge in [-0.25, -0.2) is 0 Å². The van der Waals surface area contributed by atoms with Crippen LogP contribution < -0.4 is 0 Å². The topological polar surface area (TPSA) is 20.3 Å². The van der Waals surface area contributed by atoms with Gasteiger partial charge >= 0.3 is 0 Å². The molecule has 1 aliphatic heterocycles. The van der Waals surface area contributed by atoms with Crippen LogP contribution >= 0.6 is 11.8 Å². The van der Waals surface area contributed by atoms with Crippen molar-refractivity contribution in [3.05, 3.63) is 35.4 Å². The highest BCUT2D eigenvalue weighted by Crippen LogP contribution is 2.30. The van der Waals surface area contributed by atoms with E-state index in [9.17, 15) is 4.79 Å². The predicted molar refractivity (Wildman–Crippen MR) is 78.1 cm³/mol. The highest BCUT2D eigenvalue weighted by atomic mass is 32.2. The molecule has 18 heavy (non-hydrogen) atoms. The molecule has 0 N–H and O–H groups in total. The minimum Gasteiger partial charge on any atom is -0.341 e. The van der Waals surface area contributed by atoms with Crippen LogP contribution in [0, 0.1) is 6.92 Å². The third-order valence-electron chi connectivity index (χ3n) is 3.83. The number of thioether (sulfide) groups is 1. The standard InChI is InChI=1S/C15H21NOS/c1-11-6-4-5-7-14(11)13-8-9-16(10-13)15(17)12(2)18-3/h4-7,12-13H,8-10H2,1-3H3/t12-,13+/m1/s1. The summed E-state index contributed by atoms with van der Waals surface area (Å²) in [6.07, 6.45) is 3.09. The van der Waals surface area contributed by atoms with E-state index in [1.165, 1.54) is 11.1 Å². The van der Waals surface area contributed by atoms with E-state index in [1.807, 2.05) is 18.1 Å². The van der Waals surface area contributed by atoms with Crippen molar-refractivity contribution >= 4 is 17.7 Å². The Bertz CT molecular complexity index is 432. The van der Waals surface area contributed by atoms with Gasteiger partial charge in [0.15, 0.2) is 0 Å². The van der Waals surface area contributed by atoms with Crippen LogP contribution in [0.3, 0.4) is 0 Å². The monoisotopic (exact) mass is 263 g/mol. The van der Waals surface area contributed by atoms with Gasteiger partial charge in [0.25, 0.3) is 0 Å². The molecule has 0 unspecified atom stereocenters. The Hall–Kier alpha value is -0.960. The third kappa shape index (κ3) is 2.72. The quantitative estimate of drug-likeness (QED) is 0.835. The molecular weight excluding hydrogens is 242 g/mol. The molecule has 1 saturated heterocycles. The van der Waals surface area contributed by atoms with Gasteiger partial charge < -0.3 is 4.90 Å². The zero-order valence-electron chi connectivity index (χ0n) is 11.3. The van der Waals surface area contributed by atoms with Gasteiger partial charge in [-0.3, -0.25) is 4.79 Å². The van der Waals surface area contributed by atoms with Crippen molar-refractivity contribution in [2.24, 2.45) is 0 Å². The highest BCUT2D eigenvalue weighted by molar-refractivity contribution is 7.99. The first-order valence-corrected chi connectivity index (χ1v) is 7.79. The molecule has 1 aliphatic rings. The Morgan fingerprint density at radius 1 is 1.44 bits per heavy atom.